The molecule has 0 radical (unpaired) electrons. The van der Waals surface area contributed by atoms with Gasteiger partial charge in [-0.25, -0.2) is 9.59 Å². The van der Waals surface area contributed by atoms with Gasteiger partial charge in [0.25, 0.3) is 0 Å². The predicted molar refractivity (Wildman–Crippen MR) is 147 cm³/mol. The predicted octanol–water partition coefficient (Wildman–Crippen LogP) is 6.11. The molecule has 1 aliphatic heterocycles. The molecule has 0 aromatic heterocycles. The highest BCUT2D eigenvalue weighted by Gasteiger charge is 2.27. The summed E-state index contributed by atoms with van der Waals surface area (Å²) in [6.45, 7) is 8.87. The van der Waals surface area contributed by atoms with Crippen molar-refractivity contribution in [1.29, 1.82) is 0 Å². The summed E-state index contributed by atoms with van der Waals surface area (Å²) in [5.41, 5.74) is 3.08. The zero-order valence-corrected chi connectivity index (χ0v) is 23.0. The Kier molecular flexibility index (Phi) is 9.95. The van der Waals surface area contributed by atoms with Gasteiger partial charge in [0.15, 0.2) is 0 Å². The number of unbranched alkanes of at least 4 members (excludes halogenated alkanes) is 1. The average Bonchev–Trinajstić information content (AvgIpc) is 2.90. The summed E-state index contributed by atoms with van der Waals surface area (Å²) in [5, 5.41) is 7.45. The Morgan fingerprint density at radius 2 is 1.21 bits per heavy atom. The second kappa shape index (κ2) is 13.1. The number of carbonyl (C=O) groups excluding carboxylic acids is 4. The number of fused-ring (bicyclic) bond motifs is 2. The maximum atomic E-state index is 13.1. The molecular weight excluding hydrogens is 506 g/mol. The summed E-state index contributed by atoms with van der Waals surface area (Å²) in [4.78, 5) is 61.8. The molecule has 2 aromatic rings. The van der Waals surface area contributed by atoms with Gasteiger partial charge in [0.2, 0.25) is 11.6 Å². The molecule has 0 bridgehead atoms. The molecule has 200 valence electrons. The molecule has 0 unspecified atom stereocenters. The number of ketones is 2. The molecule has 2 aromatic carbocycles. The van der Waals surface area contributed by atoms with E-state index in [1.165, 1.54) is 25.6 Å². The molecule has 0 saturated carbocycles. The molecule has 9 nitrogen and oxygen atoms in total. The first-order valence-electron chi connectivity index (χ1n) is 12.5. The van der Waals surface area contributed by atoms with Crippen LogP contribution in [0.1, 0.15) is 81.0 Å². The first-order chi connectivity index (χ1) is 18.2. The third kappa shape index (κ3) is 6.74. The fourth-order valence-corrected chi connectivity index (χ4v) is 5.00. The van der Waals surface area contributed by atoms with Crippen molar-refractivity contribution in [2.45, 2.75) is 70.1 Å². The Bertz CT molecular complexity index is 1220. The Hall–Kier alpha value is -3.79. The van der Waals surface area contributed by atoms with Gasteiger partial charge in [-0.3, -0.25) is 9.59 Å². The van der Waals surface area contributed by atoms with E-state index in [1.54, 1.807) is 38.1 Å². The lowest BCUT2D eigenvalue weighted by Crippen LogP contribution is -2.23. The van der Waals surface area contributed by atoms with Crippen molar-refractivity contribution in [3.8, 4) is 0 Å². The van der Waals surface area contributed by atoms with Crippen molar-refractivity contribution in [2.75, 3.05) is 11.4 Å². The fourth-order valence-electron chi connectivity index (χ4n) is 3.83. The van der Waals surface area contributed by atoms with Crippen molar-refractivity contribution in [3.05, 3.63) is 47.5 Å². The highest BCUT2D eigenvalue weighted by molar-refractivity contribution is 7.99. The SMILES string of the molecule is CCCCN1c2ccc(C(=O)C(CC)=NOC(C)=O)cc2Sc2cc(C(=O)C(CC)=NOC(C)=O)ccc21. The number of anilines is 2. The lowest BCUT2D eigenvalue weighted by molar-refractivity contribution is -0.141. The lowest BCUT2D eigenvalue weighted by atomic mass is 10.0. The molecule has 0 amide bonds. The Labute approximate surface area is 226 Å². The number of nitrogens with zero attached hydrogens (tertiary/aromatic N) is 3. The van der Waals surface area contributed by atoms with E-state index in [1.807, 2.05) is 12.1 Å². The minimum Gasteiger partial charge on any atom is -0.340 e. The number of Topliss-reactive ketones (excluding diaryl/α,β-unsaturated/α-hetero) is 2. The van der Waals surface area contributed by atoms with E-state index < -0.39 is 11.9 Å². The third-order valence-electron chi connectivity index (χ3n) is 5.74. The van der Waals surface area contributed by atoms with Crippen LogP contribution >= 0.6 is 11.8 Å². The molecular formula is C28H31N3O6S. The van der Waals surface area contributed by atoms with Gasteiger partial charge in [0.05, 0.1) is 11.4 Å². The van der Waals surface area contributed by atoms with Gasteiger partial charge in [0, 0.05) is 41.3 Å². The first kappa shape index (κ1) is 28.8. The van der Waals surface area contributed by atoms with Crippen molar-refractivity contribution in [1.82, 2.24) is 0 Å². The highest BCUT2D eigenvalue weighted by Crippen LogP contribution is 2.49. The zero-order chi connectivity index (χ0) is 27.8. The van der Waals surface area contributed by atoms with Gasteiger partial charge in [-0.1, -0.05) is 49.3 Å². The van der Waals surface area contributed by atoms with Crippen LogP contribution < -0.4 is 4.90 Å². The van der Waals surface area contributed by atoms with Crippen LogP contribution in [0, 0.1) is 0 Å². The Morgan fingerprint density at radius 3 is 1.58 bits per heavy atom. The molecule has 0 N–H and O–H groups in total. The van der Waals surface area contributed by atoms with Gasteiger partial charge >= 0.3 is 11.9 Å². The normalized spacial score (nSPS) is 12.9. The second-order valence-corrected chi connectivity index (χ2v) is 9.66. The maximum Gasteiger partial charge on any atom is 0.331 e. The summed E-state index contributed by atoms with van der Waals surface area (Å²) >= 11 is 1.46. The van der Waals surface area contributed by atoms with Crippen LogP contribution in [0.15, 0.2) is 56.5 Å². The zero-order valence-electron chi connectivity index (χ0n) is 22.2. The first-order valence-corrected chi connectivity index (χ1v) is 13.3. The second-order valence-electron chi connectivity index (χ2n) is 8.58. The van der Waals surface area contributed by atoms with E-state index in [-0.39, 0.29) is 23.0 Å². The van der Waals surface area contributed by atoms with Crippen molar-refractivity contribution in [3.63, 3.8) is 0 Å². The minimum atomic E-state index is -0.595. The molecule has 1 heterocycles. The van der Waals surface area contributed by atoms with E-state index in [2.05, 4.69) is 22.1 Å². The lowest BCUT2D eigenvalue weighted by Gasteiger charge is -2.33. The van der Waals surface area contributed by atoms with E-state index in [0.29, 0.717) is 24.0 Å². The van der Waals surface area contributed by atoms with Crippen LogP contribution in [-0.2, 0) is 19.3 Å². The summed E-state index contributed by atoms with van der Waals surface area (Å²) in [5.74, 6) is -1.83. The Balaban J connectivity index is 2.01. The van der Waals surface area contributed by atoms with Crippen LogP contribution in [-0.4, -0.2) is 41.5 Å². The van der Waals surface area contributed by atoms with E-state index >= 15 is 0 Å². The standard InChI is InChI=1S/C28H31N3O6S/c1-6-9-14-31-23-12-10-19(27(34)21(7-2)29-36-17(4)32)15-25(23)38-26-16-20(11-13-24(26)31)28(35)22(8-3)30-37-18(5)33/h10-13,15-16H,6-9,14H2,1-5H3. The quantitative estimate of drug-likeness (QED) is 0.146. The van der Waals surface area contributed by atoms with Crippen LogP contribution in [0.2, 0.25) is 0 Å². The molecule has 38 heavy (non-hydrogen) atoms. The number of hydrogen-bond acceptors (Lipinski definition) is 10. The molecule has 0 spiro atoms. The van der Waals surface area contributed by atoms with Gasteiger partial charge in [0.1, 0.15) is 11.4 Å². The van der Waals surface area contributed by atoms with Gasteiger partial charge in [-0.2, -0.15) is 0 Å². The number of carbonyl (C=O) groups is 4. The van der Waals surface area contributed by atoms with Gasteiger partial charge in [-0.05, 0) is 55.7 Å². The molecule has 1 aliphatic rings. The van der Waals surface area contributed by atoms with Crippen LogP contribution in [0.25, 0.3) is 0 Å². The molecule has 0 saturated heterocycles. The van der Waals surface area contributed by atoms with Gasteiger partial charge in [-0.15, -0.1) is 0 Å². The third-order valence-corrected chi connectivity index (χ3v) is 6.84. The molecule has 0 aliphatic carbocycles. The summed E-state index contributed by atoms with van der Waals surface area (Å²) in [6.07, 6.45) is 2.57. The average molecular weight is 538 g/mol. The highest BCUT2D eigenvalue weighted by atomic mass is 32.2. The topological polar surface area (TPSA) is 115 Å². The summed E-state index contributed by atoms with van der Waals surface area (Å²) in [6, 6.07) is 10.9. The van der Waals surface area contributed by atoms with E-state index in [4.69, 9.17) is 9.68 Å². The van der Waals surface area contributed by atoms with Gasteiger partial charge < -0.3 is 14.6 Å². The van der Waals surface area contributed by atoms with E-state index in [0.717, 1.165) is 40.6 Å². The minimum absolute atomic E-state index is 0.149. The number of hydrogen-bond donors (Lipinski definition) is 0. The van der Waals surface area contributed by atoms with Crippen molar-refractivity contribution in [2.24, 2.45) is 10.3 Å². The monoisotopic (exact) mass is 537 g/mol. The maximum absolute atomic E-state index is 13.1. The fraction of sp³-hybridized carbons (Fsp3) is 0.357. The molecule has 0 atom stereocenters. The van der Waals surface area contributed by atoms with Crippen LogP contribution in [0.5, 0.6) is 0 Å². The number of oxime groups is 2. The molecule has 10 heteroatoms. The van der Waals surface area contributed by atoms with Crippen molar-refractivity contribution < 1.29 is 28.9 Å². The van der Waals surface area contributed by atoms with Crippen molar-refractivity contribution >= 4 is 58.1 Å². The number of rotatable bonds is 11. The summed E-state index contributed by atoms with van der Waals surface area (Å²) < 4.78 is 0. The number of benzene rings is 2. The van der Waals surface area contributed by atoms with E-state index in [9.17, 15) is 19.2 Å². The van der Waals surface area contributed by atoms with Crippen LogP contribution in [0.3, 0.4) is 0 Å². The van der Waals surface area contributed by atoms with Crippen LogP contribution in [0.4, 0.5) is 11.4 Å². The largest absolute Gasteiger partial charge is 0.340 e. The smallest absolute Gasteiger partial charge is 0.331 e. The molecule has 0 fully saturated rings. The molecule has 3 rings (SSSR count). The summed E-state index contributed by atoms with van der Waals surface area (Å²) in [7, 11) is 0. The Morgan fingerprint density at radius 1 is 0.763 bits per heavy atom.